The summed E-state index contributed by atoms with van der Waals surface area (Å²) in [4.78, 5) is 15.2. The lowest BCUT2D eigenvalue weighted by atomic mass is 10.0. The minimum absolute atomic E-state index is 0.124. The van der Waals surface area contributed by atoms with E-state index in [4.69, 9.17) is 20.6 Å². The van der Waals surface area contributed by atoms with Crippen molar-refractivity contribution in [2.75, 3.05) is 6.54 Å². The lowest BCUT2D eigenvalue weighted by Crippen LogP contribution is -2.31. The molecule has 1 atom stereocenters. The smallest absolute Gasteiger partial charge is 0.260 e. The van der Waals surface area contributed by atoms with Gasteiger partial charge in [-0.25, -0.2) is 0 Å². The van der Waals surface area contributed by atoms with Crippen LogP contribution in [0.4, 0.5) is 0 Å². The zero-order valence-corrected chi connectivity index (χ0v) is 16.0. The lowest BCUT2D eigenvalue weighted by Gasteiger charge is -2.22. The molecule has 140 valence electrons. The molecule has 2 aromatic heterocycles. The Hall–Kier alpha value is -2.60. The molecule has 3 heterocycles. The molecule has 0 spiro atoms. The largest absolute Gasteiger partial charge is 0.360 e. The number of hydrogen-bond donors (Lipinski definition) is 0. The van der Waals surface area contributed by atoms with E-state index in [1.807, 2.05) is 36.1 Å². The average Bonchev–Trinajstić information content (AvgIpc) is 3.40. The van der Waals surface area contributed by atoms with Crippen molar-refractivity contribution >= 4 is 17.5 Å². The summed E-state index contributed by atoms with van der Waals surface area (Å²) in [6.07, 6.45) is 2.55. The minimum Gasteiger partial charge on any atom is -0.360 e. The summed E-state index contributed by atoms with van der Waals surface area (Å²) in [5, 5.41) is 8.71. The van der Waals surface area contributed by atoms with Gasteiger partial charge in [-0.3, -0.25) is 4.79 Å². The first kappa shape index (κ1) is 17.8. The van der Waals surface area contributed by atoms with Gasteiger partial charge >= 0.3 is 0 Å². The first-order valence-electron chi connectivity index (χ1n) is 9.07. The van der Waals surface area contributed by atoms with Crippen molar-refractivity contribution in [2.24, 2.45) is 0 Å². The van der Waals surface area contributed by atoms with Gasteiger partial charge in [0.05, 0.1) is 16.8 Å². The molecule has 0 bridgehead atoms. The summed E-state index contributed by atoms with van der Waals surface area (Å²) < 4.78 is 10.9. The van der Waals surface area contributed by atoms with Gasteiger partial charge in [-0.15, -0.1) is 0 Å². The number of likely N-dealkylation sites (tertiary alicyclic amines) is 1. The maximum Gasteiger partial charge on any atom is 0.260 e. The predicted molar refractivity (Wildman–Crippen MR) is 101 cm³/mol. The van der Waals surface area contributed by atoms with Gasteiger partial charge in [0.15, 0.2) is 5.76 Å². The summed E-state index contributed by atoms with van der Waals surface area (Å²) >= 11 is 6.32. The van der Waals surface area contributed by atoms with Crippen LogP contribution in [0.2, 0.25) is 5.02 Å². The van der Waals surface area contributed by atoms with E-state index in [0.717, 1.165) is 30.7 Å². The van der Waals surface area contributed by atoms with E-state index in [1.54, 1.807) is 13.0 Å². The van der Waals surface area contributed by atoms with Crippen LogP contribution < -0.4 is 0 Å². The quantitative estimate of drug-likeness (QED) is 0.643. The second kappa shape index (κ2) is 7.19. The SMILES string of the molecule is CCc1cc([C@@H]2CCCN2C(=O)c2c(-c3ccccc3Cl)noc2C)on1. The molecule has 3 aromatic rings. The molecule has 1 fully saturated rings. The van der Waals surface area contributed by atoms with Gasteiger partial charge in [0.1, 0.15) is 17.0 Å². The highest BCUT2D eigenvalue weighted by Crippen LogP contribution is 2.37. The fourth-order valence-electron chi connectivity index (χ4n) is 3.56. The monoisotopic (exact) mass is 385 g/mol. The molecule has 27 heavy (non-hydrogen) atoms. The molecule has 1 aromatic carbocycles. The van der Waals surface area contributed by atoms with Crippen LogP contribution in [0.25, 0.3) is 11.3 Å². The lowest BCUT2D eigenvalue weighted by molar-refractivity contribution is 0.0713. The Morgan fingerprint density at radius 2 is 2.11 bits per heavy atom. The molecular weight excluding hydrogens is 366 g/mol. The number of carbonyl (C=O) groups is 1. The molecule has 7 heteroatoms. The molecule has 1 saturated heterocycles. The third kappa shape index (κ3) is 3.14. The van der Waals surface area contributed by atoms with Gasteiger partial charge < -0.3 is 13.9 Å². The van der Waals surface area contributed by atoms with Crippen molar-refractivity contribution in [3.05, 3.63) is 58.1 Å². The van der Waals surface area contributed by atoms with Gasteiger partial charge in [0, 0.05) is 18.2 Å². The van der Waals surface area contributed by atoms with Crippen LogP contribution in [-0.2, 0) is 6.42 Å². The summed E-state index contributed by atoms with van der Waals surface area (Å²) in [6.45, 7) is 4.42. The topological polar surface area (TPSA) is 72.4 Å². The Morgan fingerprint density at radius 1 is 1.30 bits per heavy atom. The van der Waals surface area contributed by atoms with Gasteiger partial charge in [-0.2, -0.15) is 0 Å². The van der Waals surface area contributed by atoms with E-state index >= 15 is 0 Å². The maximum atomic E-state index is 13.4. The second-order valence-electron chi connectivity index (χ2n) is 6.67. The third-order valence-corrected chi connectivity index (χ3v) is 5.32. The Bertz CT molecular complexity index is 979. The number of aromatic nitrogens is 2. The van der Waals surface area contributed by atoms with E-state index in [0.29, 0.717) is 34.1 Å². The number of halogens is 1. The summed E-state index contributed by atoms with van der Waals surface area (Å²) in [6, 6.07) is 9.12. The average molecular weight is 386 g/mol. The maximum absolute atomic E-state index is 13.4. The van der Waals surface area contributed by atoms with Crippen LogP contribution in [0.15, 0.2) is 39.4 Å². The molecule has 1 amide bonds. The predicted octanol–water partition coefficient (Wildman–Crippen LogP) is 4.83. The number of nitrogens with zero attached hydrogens (tertiary/aromatic N) is 3. The number of amides is 1. The first-order valence-corrected chi connectivity index (χ1v) is 9.45. The zero-order valence-electron chi connectivity index (χ0n) is 15.2. The first-order chi connectivity index (χ1) is 13.1. The summed E-state index contributed by atoms with van der Waals surface area (Å²) in [7, 11) is 0. The number of rotatable bonds is 4. The molecule has 0 aliphatic carbocycles. The summed E-state index contributed by atoms with van der Waals surface area (Å²) in [5.41, 5.74) is 2.50. The Labute approximate surface area is 162 Å². The molecule has 4 rings (SSSR count). The normalized spacial score (nSPS) is 16.9. The second-order valence-corrected chi connectivity index (χ2v) is 7.08. The third-order valence-electron chi connectivity index (χ3n) is 4.99. The Morgan fingerprint density at radius 3 is 2.85 bits per heavy atom. The molecule has 1 aliphatic heterocycles. The molecule has 0 N–H and O–H groups in total. The van der Waals surface area contributed by atoms with E-state index in [-0.39, 0.29) is 11.9 Å². The van der Waals surface area contributed by atoms with E-state index in [1.165, 1.54) is 0 Å². The number of hydrogen-bond acceptors (Lipinski definition) is 5. The number of aryl methyl sites for hydroxylation is 2. The fraction of sp³-hybridized carbons (Fsp3) is 0.350. The van der Waals surface area contributed by atoms with Gasteiger partial charge in [0.2, 0.25) is 0 Å². The zero-order chi connectivity index (χ0) is 19.0. The van der Waals surface area contributed by atoms with Crippen LogP contribution in [-0.4, -0.2) is 27.7 Å². The summed E-state index contributed by atoms with van der Waals surface area (Å²) in [5.74, 6) is 1.08. The van der Waals surface area contributed by atoms with Crippen molar-refractivity contribution in [3.8, 4) is 11.3 Å². The number of benzene rings is 1. The fourth-order valence-corrected chi connectivity index (χ4v) is 3.79. The highest BCUT2D eigenvalue weighted by molar-refractivity contribution is 6.33. The van der Waals surface area contributed by atoms with E-state index in [9.17, 15) is 4.79 Å². The number of carbonyl (C=O) groups excluding carboxylic acids is 1. The highest BCUT2D eigenvalue weighted by atomic mass is 35.5. The standard InChI is InChI=1S/C20H20ClN3O3/c1-3-13-11-17(27-22-13)16-9-6-10-24(16)20(25)18-12(2)26-23-19(18)14-7-4-5-8-15(14)21/h4-5,7-8,11,16H,3,6,9-10H2,1-2H3/t16-/m0/s1. The molecular formula is C20H20ClN3O3. The van der Waals surface area contributed by atoms with Gasteiger partial charge in [-0.1, -0.05) is 47.0 Å². The Kier molecular flexibility index (Phi) is 4.74. The van der Waals surface area contributed by atoms with Crippen LogP contribution in [0, 0.1) is 6.92 Å². The van der Waals surface area contributed by atoms with Crippen molar-refractivity contribution in [1.29, 1.82) is 0 Å². The highest BCUT2D eigenvalue weighted by Gasteiger charge is 2.36. The van der Waals surface area contributed by atoms with Crippen LogP contribution in [0.3, 0.4) is 0 Å². The molecule has 0 saturated carbocycles. The Balaban J connectivity index is 1.71. The van der Waals surface area contributed by atoms with Crippen LogP contribution >= 0.6 is 11.6 Å². The van der Waals surface area contributed by atoms with Crippen molar-refractivity contribution in [2.45, 2.75) is 39.2 Å². The van der Waals surface area contributed by atoms with Crippen molar-refractivity contribution in [1.82, 2.24) is 15.2 Å². The van der Waals surface area contributed by atoms with Crippen LogP contribution in [0.1, 0.15) is 53.4 Å². The molecule has 0 radical (unpaired) electrons. The van der Waals surface area contributed by atoms with Crippen molar-refractivity contribution in [3.63, 3.8) is 0 Å². The minimum atomic E-state index is -0.126. The molecule has 0 unspecified atom stereocenters. The van der Waals surface area contributed by atoms with E-state index in [2.05, 4.69) is 10.3 Å². The van der Waals surface area contributed by atoms with Gasteiger partial charge in [-0.05, 0) is 32.3 Å². The van der Waals surface area contributed by atoms with Crippen molar-refractivity contribution < 1.29 is 13.8 Å². The molecule has 1 aliphatic rings. The molecule has 6 nitrogen and oxygen atoms in total. The van der Waals surface area contributed by atoms with Gasteiger partial charge in [0.25, 0.3) is 5.91 Å². The van der Waals surface area contributed by atoms with Crippen LogP contribution in [0.5, 0.6) is 0 Å². The van der Waals surface area contributed by atoms with E-state index < -0.39 is 0 Å².